The molecule has 1 unspecified atom stereocenters. The van der Waals surface area contributed by atoms with Crippen LogP contribution >= 0.6 is 15.9 Å². The van der Waals surface area contributed by atoms with Crippen molar-refractivity contribution < 1.29 is 9.21 Å². The van der Waals surface area contributed by atoms with Crippen molar-refractivity contribution in [2.24, 2.45) is 0 Å². The van der Waals surface area contributed by atoms with Crippen molar-refractivity contribution in [3.8, 4) is 11.3 Å². The van der Waals surface area contributed by atoms with Gasteiger partial charge in [-0.3, -0.25) is 4.79 Å². The topological polar surface area (TPSA) is 67.2 Å². The number of hydrogen-bond acceptors (Lipinski definition) is 4. The van der Waals surface area contributed by atoms with E-state index in [1.54, 1.807) is 6.20 Å². The van der Waals surface area contributed by atoms with Crippen molar-refractivity contribution in [3.63, 3.8) is 0 Å². The van der Waals surface area contributed by atoms with Crippen LogP contribution in [0, 0.1) is 0 Å². The van der Waals surface area contributed by atoms with Gasteiger partial charge in [-0.05, 0) is 25.5 Å². The van der Waals surface area contributed by atoms with E-state index in [0.717, 1.165) is 36.0 Å². The number of aryl methyl sites for hydroxylation is 1. The van der Waals surface area contributed by atoms with Gasteiger partial charge in [-0.2, -0.15) is 0 Å². The third-order valence-corrected chi connectivity index (χ3v) is 4.61. The summed E-state index contributed by atoms with van der Waals surface area (Å²) in [5.41, 5.74) is 0.962. The maximum Gasteiger partial charge on any atom is 0.220 e. The fraction of sp³-hybridized carbons (Fsp3) is 0.412. The van der Waals surface area contributed by atoms with Crippen LogP contribution in [0.15, 0.2) is 39.4 Å². The largest absolute Gasteiger partial charge is 0.441 e. The first-order chi connectivity index (χ1) is 11.2. The highest BCUT2D eigenvalue weighted by molar-refractivity contribution is 9.10. The molecule has 0 aliphatic carbocycles. The molecule has 1 atom stereocenters. The molecule has 3 rings (SSSR count). The van der Waals surface area contributed by atoms with Gasteiger partial charge in [0, 0.05) is 35.5 Å². The predicted molar refractivity (Wildman–Crippen MR) is 92.0 cm³/mol. The molecule has 2 aromatic rings. The van der Waals surface area contributed by atoms with Gasteiger partial charge in [0.15, 0.2) is 11.7 Å². The molecular weight excluding hydrogens is 358 g/mol. The minimum absolute atomic E-state index is 0.0549. The van der Waals surface area contributed by atoms with Gasteiger partial charge in [-0.1, -0.05) is 34.1 Å². The monoisotopic (exact) mass is 377 g/mol. The lowest BCUT2D eigenvalue weighted by Gasteiger charge is -2.23. The lowest BCUT2D eigenvalue weighted by atomic mass is 10.1. The zero-order chi connectivity index (χ0) is 16.1. The molecule has 1 saturated heterocycles. The first-order valence-electron chi connectivity index (χ1n) is 7.92. The number of nitrogens with one attached hydrogen (secondary N) is 2. The summed E-state index contributed by atoms with van der Waals surface area (Å²) in [6.45, 7) is 1.90. The van der Waals surface area contributed by atoms with E-state index in [9.17, 15) is 4.79 Å². The van der Waals surface area contributed by atoms with Crippen LogP contribution in [0.5, 0.6) is 0 Å². The Morgan fingerprint density at radius 2 is 2.30 bits per heavy atom. The van der Waals surface area contributed by atoms with E-state index < -0.39 is 0 Å². The highest BCUT2D eigenvalue weighted by atomic mass is 79.9. The number of rotatable bonds is 5. The number of amides is 1. The van der Waals surface area contributed by atoms with E-state index in [1.807, 2.05) is 24.3 Å². The van der Waals surface area contributed by atoms with Crippen molar-refractivity contribution in [2.45, 2.75) is 31.7 Å². The van der Waals surface area contributed by atoms with E-state index in [0.29, 0.717) is 24.5 Å². The third kappa shape index (κ3) is 4.42. The normalized spacial score (nSPS) is 17.9. The number of aromatic nitrogens is 1. The van der Waals surface area contributed by atoms with E-state index in [2.05, 4.69) is 31.5 Å². The Balaban J connectivity index is 1.53. The molecule has 2 heterocycles. The number of hydrogen-bond donors (Lipinski definition) is 2. The van der Waals surface area contributed by atoms with Crippen LogP contribution in [0.3, 0.4) is 0 Å². The summed E-state index contributed by atoms with van der Waals surface area (Å²) in [6.07, 6.45) is 4.77. The first kappa shape index (κ1) is 16.2. The zero-order valence-corrected chi connectivity index (χ0v) is 14.4. The van der Waals surface area contributed by atoms with Crippen molar-refractivity contribution in [1.82, 2.24) is 15.6 Å². The average Bonchev–Trinajstić information content (AvgIpc) is 3.03. The van der Waals surface area contributed by atoms with Gasteiger partial charge in [0.05, 0.1) is 6.20 Å². The van der Waals surface area contributed by atoms with Crippen LogP contribution in [-0.2, 0) is 11.2 Å². The molecule has 0 saturated carbocycles. The SMILES string of the molecule is O=C(CCc1ncc(-c2ccccc2Br)o1)NC1CCCNC1. The Labute approximate surface area is 144 Å². The zero-order valence-electron chi connectivity index (χ0n) is 12.8. The van der Waals surface area contributed by atoms with Gasteiger partial charge in [0.25, 0.3) is 0 Å². The molecule has 0 spiro atoms. The molecule has 6 heteroatoms. The molecule has 2 N–H and O–H groups in total. The second kappa shape index (κ2) is 7.75. The lowest BCUT2D eigenvalue weighted by molar-refractivity contribution is -0.121. The highest BCUT2D eigenvalue weighted by Gasteiger charge is 2.16. The van der Waals surface area contributed by atoms with Gasteiger partial charge < -0.3 is 15.1 Å². The van der Waals surface area contributed by atoms with Crippen LogP contribution < -0.4 is 10.6 Å². The Kier molecular flexibility index (Phi) is 5.46. The standard InChI is InChI=1S/C17H20BrN3O2/c18-14-6-2-1-5-13(14)15-11-20-17(23-15)8-7-16(22)21-12-4-3-9-19-10-12/h1-2,5-6,11-12,19H,3-4,7-10H2,(H,21,22). The van der Waals surface area contributed by atoms with Crippen molar-refractivity contribution in [3.05, 3.63) is 40.8 Å². The lowest BCUT2D eigenvalue weighted by Crippen LogP contribution is -2.45. The fourth-order valence-corrected chi connectivity index (χ4v) is 3.19. The van der Waals surface area contributed by atoms with Crippen LogP contribution in [0.2, 0.25) is 0 Å². The minimum atomic E-state index is 0.0549. The van der Waals surface area contributed by atoms with E-state index in [4.69, 9.17) is 4.42 Å². The molecule has 23 heavy (non-hydrogen) atoms. The quantitative estimate of drug-likeness (QED) is 0.840. The van der Waals surface area contributed by atoms with Crippen LogP contribution in [0.4, 0.5) is 0 Å². The highest BCUT2D eigenvalue weighted by Crippen LogP contribution is 2.28. The van der Waals surface area contributed by atoms with Crippen LogP contribution in [-0.4, -0.2) is 30.0 Å². The molecule has 5 nitrogen and oxygen atoms in total. The van der Waals surface area contributed by atoms with E-state index >= 15 is 0 Å². The number of halogens is 1. The molecule has 122 valence electrons. The minimum Gasteiger partial charge on any atom is -0.441 e. The summed E-state index contributed by atoms with van der Waals surface area (Å²) in [5.74, 6) is 1.36. The second-order valence-corrected chi connectivity index (χ2v) is 6.56. The molecule has 1 aromatic carbocycles. The van der Waals surface area contributed by atoms with Crippen molar-refractivity contribution in [2.75, 3.05) is 13.1 Å². The predicted octanol–water partition coefficient (Wildman–Crippen LogP) is 2.90. The van der Waals surface area contributed by atoms with Crippen molar-refractivity contribution >= 4 is 21.8 Å². The van der Waals surface area contributed by atoms with E-state index in [-0.39, 0.29) is 11.9 Å². The van der Waals surface area contributed by atoms with Crippen LogP contribution in [0.1, 0.15) is 25.2 Å². The smallest absolute Gasteiger partial charge is 0.220 e. The summed E-state index contributed by atoms with van der Waals surface area (Å²) in [7, 11) is 0. The number of oxazole rings is 1. The summed E-state index contributed by atoms with van der Waals surface area (Å²) in [5, 5.41) is 6.35. The van der Waals surface area contributed by atoms with Gasteiger partial charge in [0.2, 0.25) is 5.91 Å². The molecule has 0 bridgehead atoms. The molecule has 1 aliphatic rings. The average molecular weight is 378 g/mol. The Hall–Kier alpha value is -1.66. The summed E-state index contributed by atoms with van der Waals surface area (Å²) in [6, 6.07) is 8.08. The number of carbonyl (C=O) groups is 1. The molecule has 0 radical (unpaired) electrons. The maximum atomic E-state index is 12.0. The third-order valence-electron chi connectivity index (χ3n) is 3.92. The number of benzene rings is 1. The van der Waals surface area contributed by atoms with Gasteiger partial charge in [-0.25, -0.2) is 4.98 Å². The summed E-state index contributed by atoms with van der Waals surface area (Å²) in [4.78, 5) is 16.3. The van der Waals surface area contributed by atoms with Gasteiger partial charge in [-0.15, -0.1) is 0 Å². The van der Waals surface area contributed by atoms with Gasteiger partial charge in [0.1, 0.15) is 0 Å². The Morgan fingerprint density at radius 3 is 3.09 bits per heavy atom. The molecule has 1 amide bonds. The van der Waals surface area contributed by atoms with Crippen LogP contribution in [0.25, 0.3) is 11.3 Å². The number of carbonyl (C=O) groups excluding carboxylic acids is 1. The Morgan fingerprint density at radius 1 is 1.43 bits per heavy atom. The first-order valence-corrected chi connectivity index (χ1v) is 8.71. The molecule has 1 aliphatic heterocycles. The number of piperidine rings is 1. The molecule has 1 aromatic heterocycles. The van der Waals surface area contributed by atoms with Gasteiger partial charge >= 0.3 is 0 Å². The number of nitrogens with zero attached hydrogens (tertiary/aromatic N) is 1. The Bertz CT molecular complexity index is 665. The van der Waals surface area contributed by atoms with E-state index in [1.165, 1.54) is 0 Å². The maximum absolute atomic E-state index is 12.0. The molecular formula is C17H20BrN3O2. The fourth-order valence-electron chi connectivity index (χ4n) is 2.71. The summed E-state index contributed by atoms with van der Waals surface area (Å²) >= 11 is 3.50. The molecule has 1 fully saturated rings. The summed E-state index contributed by atoms with van der Waals surface area (Å²) < 4.78 is 6.72. The van der Waals surface area contributed by atoms with Crippen molar-refractivity contribution in [1.29, 1.82) is 0 Å². The second-order valence-electron chi connectivity index (χ2n) is 5.71.